The van der Waals surface area contributed by atoms with E-state index in [-0.39, 0.29) is 24.9 Å². The molecule has 0 saturated heterocycles. The van der Waals surface area contributed by atoms with E-state index in [2.05, 4.69) is 10.1 Å². The summed E-state index contributed by atoms with van der Waals surface area (Å²) in [5.74, 6) is 0.278. The first-order valence-electron chi connectivity index (χ1n) is 14.5. The number of halogens is 1. The fraction of sp³-hybridized carbons (Fsp3) is 0.452. The van der Waals surface area contributed by atoms with Crippen molar-refractivity contribution in [2.75, 3.05) is 18.9 Å². The van der Waals surface area contributed by atoms with Crippen LogP contribution in [-0.4, -0.2) is 45.4 Å². The van der Waals surface area contributed by atoms with Gasteiger partial charge in [-0.2, -0.15) is 5.09 Å². The SMILES string of the molecule is CCOCc1nc2c(N)nc3ccccc3c2n1[C@H](C)CO[P@@](=O)(N[C@H](C(=O)OC(C)(C)C)C(C)C)Oc1ccc(Cl)cc1. The second-order valence-corrected chi connectivity index (χ2v) is 13.9. The van der Waals surface area contributed by atoms with Crippen molar-refractivity contribution in [3.63, 3.8) is 0 Å². The highest BCUT2D eigenvalue weighted by atomic mass is 35.5. The van der Waals surface area contributed by atoms with E-state index in [0.717, 1.165) is 10.9 Å². The van der Waals surface area contributed by atoms with Crippen molar-refractivity contribution >= 4 is 53.1 Å². The number of hydrogen-bond donors (Lipinski definition) is 2. The van der Waals surface area contributed by atoms with Crippen molar-refractivity contribution in [2.24, 2.45) is 5.92 Å². The number of rotatable bonds is 13. The third kappa shape index (κ3) is 8.08. The van der Waals surface area contributed by atoms with Gasteiger partial charge in [0.05, 0.1) is 23.7 Å². The summed E-state index contributed by atoms with van der Waals surface area (Å²) in [7, 11) is -4.19. The average molecular weight is 646 g/mol. The van der Waals surface area contributed by atoms with Crippen molar-refractivity contribution in [3.05, 3.63) is 59.4 Å². The van der Waals surface area contributed by atoms with Crippen molar-refractivity contribution in [3.8, 4) is 5.75 Å². The molecule has 0 aliphatic carbocycles. The lowest BCUT2D eigenvalue weighted by Gasteiger charge is -2.30. The van der Waals surface area contributed by atoms with Gasteiger partial charge in [-0.05, 0) is 70.9 Å². The van der Waals surface area contributed by atoms with Gasteiger partial charge in [0.25, 0.3) is 0 Å². The molecule has 2 aromatic heterocycles. The molecule has 0 radical (unpaired) electrons. The topological polar surface area (TPSA) is 140 Å². The minimum absolute atomic E-state index is 0.0852. The van der Waals surface area contributed by atoms with E-state index in [1.54, 1.807) is 45.0 Å². The highest BCUT2D eigenvalue weighted by Crippen LogP contribution is 2.47. The maximum absolute atomic E-state index is 14.4. The Hall–Kier alpha value is -3.21. The van der Waals surface area contributed by atoms with Crippen LogP contribution in [0.4, 0.5) is 5.82 Å². The lowest BCUT2D eigenvalue weighted by molar-refractivity contribution is -0.158. The smallest absolute Gasteiger partial charge is 0.459 e. The van der Waals surface area contributed by atoms with Crippen molar-refractivity contribution < 1.29 is 27.9 Å². The quantitative estimate of drug-likeness (QED) is 0.114. The molecular weight excluding hydrogens is 605 g/mol. The zero-order valence-corrected chi connectivity index (χ0v) is 27.8. The van der Waals surface area contributed by atoms with Crippen LogP contribution in [0.3, 0.4) is 0 Å². The number of benzene rings is 2. The number of nitrogens with one attached hydrogen (secondary N) is 1. The Morgan fingerprint density at radius 3 is 2.41 bits per heavy atom. The molecule has 2 aromatic carbocycles. The molecule has 0 spiro atoms. The normalized spacial score (nSPS) is 14.9. The Balaban J connectivity index is 1.72. The summed E-state index contributed by atoms with van der Waals surface area (Å²) in [6, 6.07) is 12.6. The molecule has 3 N–H and O–H groups in total. The first-order chi connectivity index (χ1) is 20.7. The number of nitrogens with zero attached hydrogens (tertiary/aromatic N) is 3. The molecule has 0 saturated carbocycles. The zero-order chi connectivity index (χ0) is 32.2. The van der Waals surface area contributed by atoms with E-state index >= 15 is 0 Å². The number of nitrogens with two attached hydrogens (primary N) is 1. The van der Waals surface area contributed by atoms with Crippen LogP contribution in [-0.2, 0) is 30.0 Å². The maximum atomic E-state index is 14.4. The average Bonchev–Trinajstić information content (AvgIpc) is 3.34. The van der Waals surface area contributed by atoms with Crippen molar-refractivity contribution in [2.45, 2.75) is 72.8 Å². The predicted molar refractivity (Wildman–Crippen MR) is 173 cm³/mol. The molecule has 0 aliphatic heterocycles. The van der Waals surface area contributed by atoms with E-state index in [4.69, 9.17) is 40.8 Å². The summed E-state index contributed by atoms with van der Waals surface area (Å²) in [5, 5.41) is 4.20. The number of ether oxygens (including phenoxy) is 2. The third-order valence-corrected chi connectivity index (χ3v) is 8.44. The minimum atomic E-state index is -4.19. The Morgan fingerprint density at radius 1 is 1.09 bits per heavy atom. The van der Waals surface area contributed by atoms with E-state index in [9.17, 15) is 9.36 Å². The monoisotopic (exact) mass is 645 g/mol. The van der Waals surface area contributed by atoms with Crippen LogP contribution in [0.5, 0.6) is 5.75 Å². The summed E-state index contributed by atoms with van der Waals surface area (Å²) in [5.41, 5.74) is 7.60. The number of hydrogen-bond acceptors (Lipinski definition) is 9. The number of fused-ring (bicyclic) bond motifs is 3. The molecule has 4 aromatic rings. The molecule has 0 amide bonds. The molecule has 2 heterocycles. The number of nitrogen functional groups attached to an aromatic ring is 1. The number of esters is 1. The molecule has 0 fully saturated rings. The molecule has 0 unspecified atom stereocenters. The number of imidazole rings is 1. The minimum Gasteiger partial charge on any atom is -0.459 e. The molecular formula is C31H41ClN5O6P. The molecule has 4 rings (SSSR count). The Bertz CT molecular complexity index is 1650. The van der Waals surface area contributed by atoms with Gasteiger partial charge in [-0.1, -0.05) is 43.6 Å². The second-order valence-electron chi connectivity index (χ2n) is 11.8. The number of carbonyl (C=O) groups excluding carboxylic acids is 1. The van der Waals surface area contributed by atoms with Gasteiger partial charge < -0.3 is 24.3 Å². The number of aromatic nitrogens is 3. The van der Waals surface area contributed by atoms with Crippen LogP contribution >= 0.6 is 19.3 Å². The van der Waals surface area contributed by atoms with Crippen LogP contribution in [0.25, 0.3) is 21.9 Å². The number of carbonyl (C=O) groups is 1. The largest absolute Gasteiger partial charge is 0.459 e. The highest BCUT2D eigenvalue weighted by molar-refractivity contribution is 7.52. The molecule has 13 heteroatoms. The van der Waals surface area contributed by atoms with Gasteiger partial charge in [0, 0.05) is 17.0 Å². The molecule has 238 valence electrons. The van der Waals surface area contributed by atoms with E-state index in [1.165, 1.54) is 0 Å². The van der Waals surface area contributed by atoms with Crippen LogP contribution in [0, 0.1) is 5.92 Å². The summed E-state index contributed by atoms with van der Waals surface area (Å²) in [4.78, 5) is 22.5. The molecule has 0 bridgehead atoms. The summed E-state index contributed by atoms with van der Waals surface area (Å²) in [6.45, 7) is 13.4. The Kier molecular flexibility index (Phi) is 10.6. The number of anilines is 1. The van der Waals surface area contributed by atoms with E-state index in [0.29, 0.717) is 34.3 Å². The predicted octanol–water partition coefficient (Wildman–Crippen LogP) is 7.08. The second kappa shape index (κ2) is 13.8. The van der Waals surface area contributed by atoms with Gasteiger partial charge in [0.2, 0.25) is 0 Å². The fourth-order valence-corrected chi connectivity index (χ4v) is 6.51. The summed E-state index contributed by atoms with van der Waals surface area (Å²) in [6.07, 6.45) is 0. The third-order valence-electron chi connectivity index (χ3n) is 6.65. The van der Waals surface area contributed by atoms with Crippen molar-refractivity contribution in [1.82, 2.24) is 19.6 Å². The summed E-state index contributed by atoms with van der Waals surface area (Å²) >= 11 is 6.06. The molecule has 11 nitrogen and oxygen atoms in total. The molecule has 0 aliphatic rings. The standard InChI is InChI=1S/C31H41ClN5O6P/c1-8-40-18-25-35-27-28(23-11-9-10-12-24(23)34-29(27)33)37(25)20(4)17-41-44(39,43-22-15-13-21(32)14-16-22)36-26(19(2)3)30(38)42-31(5,6)7/h9-16,19-20,26H,8,17-18H2,1-7H3,(H2,33,34)(H,36,39)/t20-,26+,44+/m1/s1. The molecule has 3 atom stereocenters. The van der Waals surface area contributed by atoms with Crippen LogP contribution in [0.1, 0.15) is 60.3 Å². The highest BCUT2D eigenvalue weighted by Gasteiger charge is 2.38. The Morgan fingerprint density at radius 2 is 1.77 bits per heavy atom. The zero-order valence-electron chi connectivity index (χ0n) is 26.2. The van der Waals surface area contributed by atoms with Gasteiger partial charge in [0.1, 0.15) is 35.3 Å². The van der Waals surface area contributed by atoms with Crippen LogP contribution in [0.2, 0.25) is 5.02 Å². The van der Waals surface area contributed by atoms with Crippen LogP contribution in [0.15, 0.2) is 48.5 Å². The maximum Gasteiger partial charge on any atom is 0.459 e. The number of para-hydroxylation sites is 1. The first kappa shape index (κ1) is 33.7. The Labute approximate surface area is 263 Å². The summed E-state index contributed by atoms with van der Waals surface area (Å²) < 4.78 is 39.8. The lowest BCUT2D eigenvalue weighted by atomic mass is 10.1. The van der Waals surface area contributed by atoms with Gasteiger partial charge in [0.15, 0.2) is 5.82 Å². The fourth-order valence-electron chi connectivity index (χ4n) is 4.65. The van der Waals surface area contributed by atoms with Gasteiger partial charge in [-0.15, -0.1) is 0 Å². The van der Waals surface area contributed by atoms with Crippen molar-refractivity contribution in [1.29, 1.82) is 0 Å². The molecule has 44 heavy (non-hydrogen) atoms. The number of pyridine rings is 1. The van der Waals surface area contributed by atoms with Gasteiger partial charge >= 0.3 is 13.7 Å². The van der Waals surface area contributed by atoms with Crippen LogP contribution < -0.4 is 15.3 Å². The van der Waals surface area contributed by atoms with E-state index in [1.807, 2.05) is 56.5 Å². The lowest BCUT2D eigenvalue weighted by Crippen LogP contribution is -2.44. The van der Waals surface area contributed by atoms with E-state index < -0.39 is 31.4 Å². The first-order valence-corrected chi connectivity index (χ1v) is 16.5. The van der Waals surface area contributed by atoms with Gasteiger partial charge in [-0.25, -0.2) is 14.5 Å². The van der Waals surface area contributed by atoms with Gasteiger partial charge in [-0.3, -0.25) is 9.32 Å².